The van der Waals surface area contributed by atoms with E-state index in [4.69, 9.17) is 9.47 Å². The molecule has 1 aliphatic carbocycles. The lowest BCUT2D eigenvalue weighted by molar-refractivity contribution is -0.132. The number of rotatable bonds is 15. The van der Waals surface area contributed by atoms with Gasteiger partial charge in [-0.25, -0.2) is 4.79 Å². The quantitative estimate of drug-likeness (QED) is 0.234. The zero-order valence-electron chi connectivity index (χ0n) is 24.0. The third-order valence-corrected chi connectivity index (χ3v) is 7.85. The van der Waals surface area contributed by atoms with Crippen molar-refractivity contribution in [3.05, 3.63) is 29.8 Å². The molecule has 0 radical (unpaired) electrons. The summed E-state index contributed by atoms with van der Waals surface area (Å²) in [5, 5.41) is 5.52. The Morgan fingerprint density at radius 3 is 2.62 bits per heavy atom. The summed E-state index contributed by atoms with van der Waals surface area (Å²) in [7, 11) is 0. The van der Waals surface area contributed by atoms with E-state index in [0.29, 0.717) is 44.9 Å². The monoisotopic (exact) mass is 557 g/mol. The summed E-state index contributed by atoms with van der Waals surface area (Å²) in [5.74, 6) is 0.610. The van der Waals surface area contributed by atoms with Crippen LogP contribution in [0.5, 0.6) is 5.75 Å². The molecule has 1 aliphatic heterocycles. The van der Waals surface area contributed by atoms with Gasteiger partial charge in [-0.15, -0.1) is 0 Å². The lowest BCUT2D eigenvalue weighted by Gasteiger charge is -2.27. The van der Waals surface area contributed by atoms with Crippen LogP contribution in [0, 0.1) is 5.92 Å². The molecule has 9 heteroatoms. The van der Waals surface area contributed by atoms with Crippen molar-refractivity contribution in [2.24, 2.45) is 5.92 Å². The van der Waals surface area contributed by atoms with E-state index in [9.17, 15) is 19.2 Å². The minimum Gasteiger partial charge on any atom is -0.491 e. The number of nitrogens with zero attached hydrogens (tertiary/aromatic N) is 1. The number of nitrogens with one attached hydrogen (secondary N) is 2. The fraction of sp³-hybridized carbons (Fsp3) is 0.677. The topological polar surface area (TPSA) is 114 Å². The zero-order valence-corrected chi connectivity index (χ0v) is 24.0. The van der Waals surface area contributed by atoms with Gasteiger partial charge in [0.1, 0.15) is 24.7 Å². The SMILES string of the molecule is CCCCCCCOC(=O)N[C@@H](CC1CCCCC1)C(=O)N[C@H](C=O)CCC(=O)N1CCOc2ccccc2C1. The summed E-state index contributed by atoms with van der Waals surface area (Å²) in [4.78, 5) is 52.3. The van der Waals surface area contributed by atoms with E-state index in [1.165, 1.54) is 12.8 Å². The van der Waals surface area contributed by atoms with Crippen molar-refractivity contribution in [3.63, 3.8) is 0 Å². The minimum atomic E-state index is -0.822. The third kappa shape index (κ3) is 10.8. The van der Waals surface area contributed by atoms with Gasteiger partial charge >= 0.3 is 6.09 Å². The second kappa shape index (κ2) is 17.6. The van der Waals surface area contributed by atoms with Crippen molar-refractivity contribution in [2.75, 3.05) is 19.8 Å². The Bertz CT molecular complexity index is 949. The molecule has 0 saturated heterocycles. The lowest BCUT2D eigenvalue weighted by Crippen LogP contribution is -2.51. The van der Waals surface area contributed by atoms with E-state index in [0.717, 1.165) is 62.7 Å². The molecule has 3 amide bonds. The van der Waals surface area contributed by atoms with E-state index in [1.807, 2.05) is 24.3 Å². The van der Waals surface area contributed by atoms with Crippen LogP contribution in [0.25, 0.3) is 0 Å². The number of hydrogen-bond acceptors (Lipinski definition) is 6. The Morgan fingerprint density at radius 2 is 1.85 bits per heavy atom. The number of carbonyl (C=O) groups excluding carboxylic acids is 4. The number of ether oxygens (including phenoxy) is 2. The van der Waals surface area contributed by atoms with Gasteiger partial charge in [0.15, 0.2) is 0 Å². The first-order valence-electron chi connectivity index (χ1n) is 15.2. The Labute approximate surface area is 238 Å². The van der Waals surface area contributed by atoms with Crippen molar-refractivity contribution in [1.82, 2.24) is 15.5 Å². The summed E-state index contributed by atoms with van der Waals surface area (Å²) in [5.41, 5.74) is 0.943. The molecule has 1 fully saturated rings. The highest BCUT2D eigenvalue weighted by Gasteiger charge is 2.28. The maximum absolute atomic E-state index is 13.2. The predicted octanol–water partition coefficient (Wildman–Crippen LogP) is 4.91. The van der Waals surface area contributed by atoms with Crippen LogP contribution in [0.3, 0.4) is 0 Å². The van der Waals surface area contributed by atoms with Crippen LogP contribution in [0.4, 0.5) is 4.79 Å². The first-order chi connectivity index (χ1) is 19.5. The zero-order chi connectivity index (χ0) is 28.6. The summed E-state index contributed by atoms with van der Waals surface area (Å²) in [6.07, 6.45) is 11.6. The maximum atomic E-state index is 13.2. The van der Waals surface area contributed by atoms with E-state index in [-0.39, 0.29) is 18.7 Å². The molecule has 0 bridgehead atoms. The highest BCUT2D eigenvalue weighted by atomic mass is 16.5. The molecular weight excluding hydrogens is 510 g/mol. The number of benzene rings is 1. The Hall–Kier alpha value is -3.10. The number of amides is 3. The van der Waals surface area contributed by atoms with E-state index in [1.54, 1.807) is 4.90 Å². The van der Waals surface area contributed by atoms with Crippen molar-refractivity contribution < 1.29 is 28.7 Å². The van der Waals surface area contributed by atoms with Gasteiger partial charge in [0, 0.05) is 18.5 Å². The van der Waals surface area contributed by atoms with Crippen LogP contribution in [0.1, 0.15) is 96.0 Å². The molecule has 0 spiro atoms. The van der Waals surface area contributed by atoms with Crippen molar-refractivity contribution in [2.45, 2.75) is 109 Å². The average molecular weight is 558 g/mol. The molecule has 2 N–H and O–H groups in total. The summed E-state index contributed by atoms with van der Waals surface area (Å²) >= 11 is 0. The van der Waals surface area contributed by atoms with E-state index >= 15 is 0 Å². The molecule has 40 heavy (non-hydrogen) atoms. The molecule has 1 saturated carbocycles. The number of fused-ring (bicyclic) bond motifs is 1. The smallest absolute Gasteiger partial charge is 0.407 e. The molecule has 3 rings (SSSR count). The van der Waals surface area contributed by atoms with Gasteiger partial charge in [-0.1, -0.05) is 82.9 Å². The number of aldehydes is 1. The summed E-state index contributed by atoms with van der Waals surface area (Å²) < 4.78 is 11.1. The Balaban J connectivity index is 1.50. The normalized spacial score (nSPS) is 17.0. The van der Waals surface area contributed by atoms with Crippen molar-refractivity contribution >= 4 is 24.2 Å². The molecule has 0 unspecified atom stereocenters. The number of para-hydroxylation sites is 1. The number of alkyl carbamates (subject to hydrolysis) is 1. The van der Waals surface area contributed by atoms with Crippen LogP contribution in [0.15, 0.2) is 24.3 Å². The molecule has 222 valence electrons. The number of carbonyl (C=O) groups is 4. The maximum Gasteiger partial charge on any atom is 0.407 e. The van der Waals surface area contributed by atoms with Gasteiger partial charge in [0.2, 0.25) is 11.8 Å². The highest BCUT2D eigenvalue weighted by molar-refractivity contribution is 5.87. The number of unbranched alkanes of at least 4 members (excludes halogenated alkanes) is 4. The molecular formula is C31H47N3O6. The van der Waals surface area contributed by atoms with Crippen LogP contribution >= 0.6 is 0 Å². The second-order valence-corrected chi connectivity index (χ2v) is 11.0. The standard InChI is InChI=1S/C31H47N3O6/c1-2-3-4-5-11-19-40-31(38)33-27(21-24-12-7-6-8-13-24)30(37)32-26(23-35)16-17-29(36)34-18-20-39-28-15-10-9-14-25(28)22-34/h9-10,14-15,23-24,26-27H,2-8,11-13,16-22H2,1H3,(H,32,37)(H,33,38)/t26-,27-/m0/s1. The summed E-state index contributed by atoms with van der Waals surface area (Å²) in [6.45, 7) is 3.78. The van der Waals surface area contributed by atoms with Gasteiger partial charge in [0.05, 0.1) is 19.2 Å². The highest BCUT2D eigenvalue weighted by Crippen LogP contribution is 2.27. The van der Waals surface area contributed by atoms with Crippen LogP contribution in [-0.2, 0) is 25.7 Å². The first-order valence-corrected chi connectivity index (χ1v) is 15.2. The van der Waals surface area contributed by atoms with Gasteiger partial charge in [-0.3, -0.25) is 9.59 Å². The average Bonchev–Trinajstić information content (AvgIpc) is 3.20. The molecule has 9 nitrogen and oxygen atoms in total. The molecule has 1 aromatic rings. The second-order valence-electron chi connectivity index (χ2n) is 11.0. The van der Waals surface area contributed by atoms with Crippen LogP contribution in [0.2, 0.25) is 0 Å². The van der Waals surface area contributed by atoms with Crippen LogP contribution < -0.4 is 15.4 Å². The van der Waals surface area contributed by atoms with Crippen molar-refractivity contribution in [3.8, 4) is 5.75 Å². The molecule has 2 atom stereocenters. The van der Waals surface area contributed by atoms with E-state index in [2.05, 4.69) is 17.6 Å². The molecule has 1 heterocycles. The van der Waals surface area contributed by atoms with Gasteiger partial charge in [0.25, 0.3) is 0 Å². The lowest BCUT2D eigenvalue weighted by atomic mass is 9.84. The van der Waals surface area contributed by atoms with Gasteiger partial charge in [-0.05, 0) is 31.2 Å². The third-order valence-electron chi connectivity index (χ3n) is 7.85. The fourth-order valence-corrected chi connectivity index (χ4v) is 5.48. The molecule has 1 aromatic carbocycles. The largest absolute Gasteiger partial charge is 0.491 e. The molecule has 2 aliphatic rings. The first kappa shape index (κ1) is 31.4. The summed E-state index contributed by atoms with van der Waals surface area (Å²) in [6, 6.07) is 6.04. The van der Waals surface area contributed by atoms with Gasteiger partial charge < -0.3 is 29.8 Å². The van der Waals surface area contributed by atoms with Crippen molar-refractivity contribution in [1.29, 1.82) is 0 Å². The Kier molecular flexibility index (Phi) is 13.8. The van der Waals surface area contributed by atoms with Gasteiger partial charge in [-0.2, -0.15) is 0 Å². The fourth-order valence-electron chi connectivity index (χ4n) is 5.48. The van der Waals surface area contributed by atoms with Crippen LogP contribution in [-0.4, -0.2) is 60.9 Å². The molecule has 0 aromatic heterocycles. The van der Waals surface area contributed by atoms with E-state index < -0.39 is 24.1 Å². The Morgan fingerprint density at radius 1 is 1.07 bits per heavy atom. The minimum absolute atomic E-state index is 0.0965. The number of hydrogen-bond donors (Lipinski definition) is 2. The predicted molar refractivity (Wildman–Crippen MR) is 153 cm³/mol.